The minimum atomic E-state index is -3.66. The third kappa shape index (κ3) is 6.37. The van der Waals surface area contributed by atoms with Gasteiger partial charge >= 0.3 is 0 Å². The second kappa shape index (κ2) is 11.3. The van der Waals surface area contributed by atoms with Crippen molar-refractivity contribution in [3.05, 3.63) is 89.7 Å². The Labute approximate surface area is 212 Å². The van der Waals surface area contributed by atoms with E-state index < -0.39 is 10.0 Å². The molecule has 0 bridgehead atoms. The molecule has 190 valence electrons. The molecule has 1 fully saturated rings. The van der Waals surface area contributed by atoms with Crippen LogP contribution in [0.1, 0.15) is 49.8 Å². The van der Waals surface area contributed by atoms with Gasteiger partial charge in [-0.15, -0.1) is 0 Å². The van der Waals surface area contributed by atoms with Gasteiger partial charge < -0.3 is 11.1 Å². The van der Waals surface area contributed by atoms with Gasteiger partial charge in [0.25, 0.3) is 0 Å². The van der Waals surface area contributed by atoms with Crippen LogP contribution in [-0.2, 0) is 21.4 Å². The number of nitrogens with one attached hydrogen (secondary N) is 2. The highest BCUT2D eigenvalue weighted by molar-refractivity contribution is 7.89. The zero-order valence-corrected chi connectivity index (χ0v) is 21.1. The van der Waals surface area contributed by atoms with Gasteiger partial charge in [-0.05, 0) is 79.1 Å². The zero-order valence-electron chi connectivity index (χ0n) is 20.3. The van der Waals surface area contributed by atoms with Crippen molar-refractivity contribution in [2.24, 2.45) is 11.7 Å². The number of hydrogen-bond donors (Lipinski definition) is 3. The van der Waals surface area contributed by atoms with Crippen LogP contribution in [0.25, 0.3) is 11.1 Å². The molecule has 3 aromatic carbocycles. The van der Waals surface area contributed by atoms with Crippen LogP contribution < -0.4 is 15.8 Å². The Balaban J connectivity index is 1.30. The Kier molecular flexibility index (Phi) is 8.18. The SMILES string of the molecule is C[C@@H](NC(=O)[C@H]1CC[C@H](NS(=O)(=O)c2ccc(-c3ccc(CN)cc3)cc2)CC1)c1ccc(F)cc1. The molecule has 4 N–H and O–H groups in total. The maximum atomic E-state index is 13.1. The summed E-state index contributed by atoms with van der Waals surface area (Å²) in [5.41, 5.74) is 9.45. The molecule has 1 aliphatic rings. The second-order valence-corrected chi connectivity index (χ2v) is 11.1. The van der Waals surface area contributed by atoms with Crippen LogP contribution in [-0.4, -0.2) is 20.4 Å². The summed E-state index contributed by atoms with van der Waals surface area (Å²) in [6, 6.07) is 20.3. The molecule has 0 heterocycles. The highest BCUT2D eigenvalue weighted by Crippen LogP contribution is 2.27. The smallest absolute Gasteiger partial charge is 0.240 e. The first kappa shape index (κ1) is 26.0. The van der Waals surface area contributed by atoms with Crippen molar-refractivity contribution in [1.82, 2.24) is 10.0 Å². The van der Waals surface area contributed by atoms with Gasteiger partial charge in [0.15, 0.2) is 0 Å². The van der Waals surface area contributed by atoms with E-state index in [9.17, 15) is 17.6 Å². The number of benzene rings is 3. The molecule has 4 rings (SSSR count). The maximum Gasteiger partial charge on any atom is 0.240 e. The first-order valence-corrected chi connectivity index (χ1v) is 13.7. The van der Waals surface area contributed by atoms with Gasteiger partial charge in [-0.2, -0.15) is 0 Å². The molecular weight excluding hydrogens is 477 g/mol. The van der Waals surface area contributed by atoms with E-state index in [-0.39, 0.29) is 34.6 Å². The number of amides is 1. The molecular formula is C28H32FN3O3S. The summed E-state index contributed by atoms with van der Waals surface area (Å²) in [6.07, 6.45) is 2.39. The van der Waals surface area contributed by atoms with E-state index in [1.807, 2.05) is 31.2 Å². The van der Waals surface area contributed by atoms with E-state index in [0.29, 0.717) is 32.2 Å². The molecule has 0 radical (unpaired) electrons. The summed E-state index contributed by atoms with van der Waals surface area (Å²) >= 11 is 0. The highest BCUT2D eigenvalue weighted by Gasteiger charge is 2.29. The average molecular weight is 510 g/mol. The Hall–Kier alpha value is -3.07. The van der Waals surface area contributed by atoms with Crippen molar-refractivity contribution in [1.29, 1.82) is 0 Å². The quantitative estimate of drug-likeness (QED) is 0.411. The van der Waals surface area contributed by atoms with Crippen LogP contribution >= 0.6 is 0 Å². The van der Waals surface area contributed by atoms with E-state index in [0.717, 1.165) is 22.3 Å². The monoisotopic (exact) mass is 509 g/mol. The maximum absolute atomic E-state index is 13.1. The molecule has 1 aliphatic carbocycles. The second-order valence-electron chi connectivity index (χ2n) is 9.38. The van der Waals surface area contributed by atoms with E-state index in [1.165, 1.54) is 12.1 Å². The topological polar surface area (TPSA) is 101 Å². The van der Waals surface area contributed by atoms with Crippen LogP contribution in [0.5, 0.6) is 0 Å². The zero-order chi connectivity index (χ0) is 25.7. The molecule has 0 spiro atoms. The predicted molar refractivity (Wildman–Crippen MR) is 139 cm³/mol. The van der Waals surface area contributed by atoms with Gasteiger partial charge in [0, 0.05) is 18.5 Å². The predicted octanol–water partition coefficient (Wildman–Crippen LogP) is 4.67. The summed E-state index contributed by atoms with van der Waals surface area (Å²) in [4.78, 5) is 12.9. The molecule has 1 saturated carbocycles. The number of carbonyl (C=O) groups excluding carboxylic acids is 1. The Morgan fingerprint density at radius 3 is 2.03 bits per heavy atom. The van der Waals surface area contributed by atoms with Gasteiger partial charge in [0.2, 0.25) is 15.9 Å². The van der Waals surface area contributed by atoms with Crippen LogP contribution in [0.3, 0.4) is 0 Å². The Morgan fingerprint density at radius 1 is 0.917 bits per heavy atom. The van der Waals surface area contributed by atoms with Crippen molar-refractivity contribution in [2.75, 3.05) is 0 Å². The molecule has 3 aromatic rings. The lowest BCUT2D eigenvalue weighted by Gasteiger charge is -2.29. The van der Waals surface area contributed by atoms with Crippen LogP contribution in [0.4, 0.5) is 4.39 Å². The molecule has 0 unspecified atom stereocenters. The molecule has 0 aromatic heterocycles. The summed E-state index contributed by atoms with van der Waals surface area (Å²) in [6.45, 7) is 2.34. The van der Waals surface area contributed by atoms with Crippen LogP contribution in [0, 0.1) is 11.7 Å². The fourth-order valence-corrected chi connectivity index (χ4v) is 5.89. The van der Waals surface area contributed by atoms with E-state index in [4.69, 9.17) is 5.73 Å². The number of carbonyl (C=O) groups is 1. The lowest BCUT2D eigenvalue weighted by atomic mass is 9.85. The molecule has 0 aliphatic heterocycles. The van der Waals surface area contributed by atoms with Gasteiger partial charge in [0.05, 0.1) is 10.9 Å². The minimum absolute atomic E-state index is 0.0526. The van der Waals surface area contributed by atoms with E-state index in [1.54, 1.807) is 36.4 Å². The standard InChI is InChI=1S/C28H32FN3O3S/c1-19(21-6-12-25(29)13-7-21)31-28(33)24-8-14-26(15-9-24)32-36(34,35)27-16-10-23(11-17-27)22-4-2-20(18-30)3-5-22/h2-7,10-13,16-17,19,24,26,32H,8-9,14-15,18,30H2,1H3,(H,31,33)/t19-,24-,26-/m1/s1. The molecule has 1 atom stereocenters. The summed E-state index contributed by atoms with van der Waals surface area (Å²) in [5, 5.41) is 2.99. The number of nitrogens with two attached hydrogens (primary N) is 1. The Morgan fingerprint density at radius 2 is 1.47 bits per heavy atom. The molecule has 6 nitrogen and oxygen atoms in total. The van der Waals surface area contributed by atoms with Crippen molar-refractivity contribution < 1.29 is 17.6 Å². The van der Waals surface area contributed by atoms with Crippen molar-refractivity contribution in [3.63, 3.8) is 0 Å². The van der Waals surface area contributed by atoms with E-state index in [2.05, 4.69) is 10.0 Å². The fourth-order valence-electron chi connectivity index (χ4n) is 4.59. The molecule has 36 heavy (non-hydrogen) atoms. The number of rotatable bonds is 8. The Bertz CT molecular complexity index is 1270. The molecule has 1 amide bonds. The van der Waals surface area contributed by atoms with Gasteiger partial charge in [-0.25, -0.2) is 17.5 Å². The minimum Gasteiger partial charge on any atom is -0.349 e. The number of sulfonamides is 1. The number of hydrogen-bond acceptors (Lipinski definition) is 4. The number of halogens is 1. The first-order valence-electron chi connectivity index (χ1n) is 12.2. The molecule has 0 saturated heterocycles. The average Bonchev–Trinajstić information content (AvgIpc) is 2.89. The highest BCUT2D eigenvalue weighted by atomic mass is 32.2. The lowest BCUT2D eigenvalue weighted by molar-refractivity contribution is -0.126. The van der Waals surface area contributed by atoms with Crippen LogP contribution in [0.2, 0.25) is 0 Å². The first-order chi connectivity index (χ1) is 17.2. The largest absolute Gasteiger partial charge is 0.349 e. The lowest BCUT2D eigenvalue weighted by Crippen LogP contribution is -2.41. The van der Waals surface area contributed by atoms with Crippen molar-refractivity contribution in [2.45, 2.75) is 56.1 Å². The summed E-state index contributed by atoms with van der Waals surface area (Å²) in [7, 11) is -3.66. The third-order valence-corrected chi connectivity index (χ3v) is 8.37. The fraction of sp³-hybridized carbons (Fsp3) is 0.321. The van der Waals surface area contributed by atoms with E-state index >= 15 is 0 Å². The van der Waals surface area contributed by atoms with Crippen LogP contribution in [0.15, 0.2) is 77.7 Å². The van der Waals surface area contributed by atoms with Gasteiger partial charge in [-0.3, -0.25) is 4.79 Å². The third-order valence-electron chi connectivity index (χ3n) is 6.84. The molecule has 8 heteroatoms. The van der Waals surface area contributed by atoms with Gasteiger partial charge in [-0.1, -0.05) is 48.5 Å². The summed E-state index contributed by atoms with van der Waals surface area (Å²) in [5.74, 6) is -0.534. The van der Waals surface area contributed by atoms with Crippen molar-refractivity contribution in [3.8, 4) is 11.1 Å². The van der Waals surface area contributed by atoms with Crippen molar-refractivity contribution >= 4 is 15.9 Å². The summed E-state index contributed by atoms with van der Waals surface area (Å²) < 4.78 is 41.8. The normalized spacial score (nSPS) is 19.0. The van der Waals surface area contributed by atoms with Gasteiger partial charge in [0.1, 0.15) is 5.82 Å².